The average molecular weight is 442 g/mol. The molecule has 0 radical (unpaired) electrons. The third-order valence-corrected chi connectivity index (χ3v) is 5.98. The number of methoxy groups -OCH3 is 1. The van der Waals surface area contributed by atoms with Crippen molar-refractivity contribution < 1.29 is 18.7 Å². The largest absolute Gasteiger partial charge is 0.497 e. The Bertz CT molecular complexity index is 886. The molecule has 1 N–H and O–H groups in total. The molecule has 1 fully saturated rings. The average Bonchev–Trinajstić information content (AvgIpc) is 3.08. The maximum absolute atomic E-state index is 13.0. The maximum atomic E-state index is 13.0. The first-order valence-corrected chi connectivity index (χ1v) is 11.1. The van der Waals surface area contributed by atoms with E-state index in [-0.39, 0.29) is 23.7 Å². The predicted molar refractivity (Wildman–Crippen MR) is 122 cm³/mol. The number of amides is 2. The smallest absolute Gasteiger partial charge is 0.237 e. The number of hydrogen-bond donors (Lipinski definition) is 1. The van der Waals surface area contributed by atoms with Crippen LogP contribution < -0.4 is 10.1 Å². The van der Waals surface area contributed by atoms with Gasteiger partial charge in [0, 0.05) is 39.1 Å². The van der Waals surface area contributed by atoms with Gasteiger partial charge in [0.1, 0.15) is 11.6 Å². The molecule has 172 valence electrons. The van der Waals surface area contributed by atoms with Gasteiger partial charge in [-0.25, -0.2) is 4.39 Å². The lowest BCUT2D eigenvalue weighted by Crippen LogP contribution is -2.46. The normalized spacial score (nSPS) is 15.7. The van der Waals surface area contributed by atoms with Crippen molar-refractivity contribution in [2.45, 2.75) is 38.8 Å². The lowest BCUT2D eigenvalue weighted by Gasteiger charge is -2.27. The predicted octanol–water partition coefficient (Wildman–Crippen LogP) is 3.01. The molecule has 1 saturated heterocycles. The monoisotopic (exact) mass is 441 g/mol. The summed E-state index contributed by atoms with van der Waals surface area (Å²) < 4.78 is 18.2. The molecule has 1 aliphatic rings. The van der Waals surface area contributed by atoms with Crippen LogP contribution in [-0.2, 0) is 22.6 Å². The number of nitrogens with zero attached hydrogens (tertiary/aromatic N) is 2. The van der Waals surface area contributed by atoms with Crippen LogP contribution in [0, 0.1) is 5.82 Å². The Labute approximate surface area is 189 Å². The van der Waals surface area contributed by atoms with Crippen LogP contribution in [0.1, 0.15) is 30.9 Å². The molecular formula is C25H32FN3O3. The van der Waals surface area contributed by atoms with Crippen molar-refractivity contribution in [2.24, 2.45) is 0 Å². The molecule has 1 unspecified atom stereocenters. The summed E-state index contributed by atoms with van der Waals surface area (Å²) in [6, 6.07) is 13.6. The molecule has 3 rings (SSSR count). The standard InChI is InChI=1S/C25H32FN3O3/c1-19(25(31)27-18-21-4-9-22(26)10-5-21)28-14-3-15-29(17-16-28)24(30)13-8-20-6-11-23(32-2)12-7-20/h4-7,9-12,19H,3,8,13-18H2,1-2H3,(H,27,31). The van der Waals surface area contributed by atoms with Crippen LogP contribution in [0.3, 0.4) is 0 Å². The van der Waals surface area contributed by atoms with E-state index in [0.29, 0.717) is 39.0 Å². The second-order valence-electron chi connectivity index (χ2n) is 8.14. The summed E-state index contributed by atoms with van der Waals surface area (Å²) >= 11 is 0. The Morgan fingerprint density at radius 1 is 1.00 bits per heavy atom. The van der Waals surface area contributed by atoms with Crippen LogP contribution in [0.15, 0.2) is 48.5 Å². The van der Waals surface area contributed by atoms with Gasteiger partial charge in [0.05, 0.1) is 13.2 Å². The zero-order valence-corrected chi connectivity index (χ0v) is 18.9. The van der Waals surface area contributed by atoms with Crippen molar-refractivity contribution >= 4 is 11.8 Å². The lowest BCUT2D eigenvalue weighted by molar-refractivity contribution is -0.131. The van der Waals surface area contributed by atoms with Crippen molar-refractivity contribution in [3.05, 3.63) is 65.5 Å². The topological polar surface area (TPSA) is 61.9 Å². The number of rotatable bonds is 8. The van der Waals surface area contributed by atoms with Gasteiger partial charge >= 0.3 is 0 Å². The first kappa shape index (κ1) is 23.7. The van der Waals surface area contributed by atoms with Crippen LogP contribution in [0.4, 0.5) is 4.39 Å². The third-order valence-electron chi connectivity index (χ3n) is 5.98. The number of halogens is 1. The highest BCUT2D eigenvalue weighted by atomic mass is 19.1. The van der Waals surface area contributed by atoms with Gasteiger partial charge in [-0.1, -0.05) is 24.3 Å². The van der Waals surface area contributed by atoms with Gasteiger partial charge in [-0.2, -0.15) is 0 Å². The second-order valence-corrected chi connectivity index (χ2v) is 8.14. The summed E-state index contributed by atoms with van der Waals surface area (Å²) in [5, 5.41) is 2.92. The number of aryl methyl sites for hydroxylation is 1. The van der Waals surface area contributed by atoms with E-state index in [1.807, 2.05) is 36.1 Å². The van der Waals surface area contributed by atoms with E-state index in [0.717, 1.165) is 29.8 Å². The number of hydrogen-bond acceptors (Lipinski definition) is 4. The van der Waals surface area contributed by atoms with Crippen molar-refractivity contribution in [2.75, 3.05) is 33.3 Å². The molecule has 0 saturated carbocycles. The number of benzene rings is 2. The Morgan fingerprint density at radius 3 is 2.38 bits per heavy atom. The molecule has 1 heterocycles. The second kappa shape index (κ2) is 11.6. The van der Waals surface area contributed by atoms with Crippen molar-refractivity contribution in [1.82, 2.24) is 15.1 Å². The number of carbonyl (C=O) groups excluding carboxylic acids is 2. The van der Waals surface area contributed by atoms with Crippen LogP contribution in [0.5, 0.6) is 5.75 Å². The highest BCUT2D eigenvalue weighted by molar-refractivity contribution is 5.81. The van der Waals surface area contributed by atoms with E-state index in [1.165, 1.54) is 12.1 Å². The Kier molecular flexibility index (Phi) is 8.62. The number of nitrogens with one attached hydrogen (secondary N) is 1. The van der Waals surface area contributed by atoms with E-state index in [9.17, 15) is 14.0 Å². The molecule has 6 nitrogen and oxygen atoms in total. The minimum absolute atomic E-state index is 0.0615. The van der Waals surface area contributed by atoms with Gasteiger partial charge in [-0.05, 0) is 55.2 Å². The minimum atomic E-state index is -0.291. The molecule has 1 atom stereocenters. The molecular weight excluding hydrogens is 409 g/mol. The van der Waals surface area contributed by atoms with Crippen molar-refractivity contribution in [3.63, 3.8) is 0 Å². The summed E-state index contributed by atoms with van der Waals surface area (Å²) in [5.41, 5.74) is 1.97. The minimum Gasteiger partial charge on any atom is -0.497 e. The van der Waals surface area contributed by atoms with Gasteiger partial charge in [-0.15, -0.1) is 0 Å². The van der Waals surface area contributed by atoms with E-state index in [2.05, 4.69) is 10.2 Å². The van der Waals surface area contributed by atoms with Crippen LogP contribution in [0.25, 0.3) is 0 Å². The molecule has 0 aromatic heterocycles. The molecule has 2 aromatic carbocycles. The summed E-state index contributed by atoms with van der Waals surface area (Å²) in [4.78, 5) is 29.3. The van der Waals surface area contributed by atoms with Gasteiger partial charge < -0.3 is 15.0 Å². The highest BCUT2D eigenvalue weighted by Gasteiger charge is 2.25. The van der Waals surface area contributed by atoms with E-state index >= 15 is 0 Å². The first-order chi connectivity index (χ1) is 15.5. The fraction of sp³-hybridized carbons (Fsp3) is 0.440. The van der Waals surface area contributed by atoms with Crippen LogP contribution in [-0.4, -0.2) is 60.9 Å². The van der Waals surface area contributed by atoms with Crippen molar-refractivity contribution in [1.29, 1.82) is 0 Å². The number of ether oxygens (including phenoxy) is 1. The Morgan fingerprint density at radius 2 is 1.69 bits per heavy atom. The SMILES string of the molecule is COc1ccc(CCC(=O)N2CCCN(C(C)C(=O)NCc3ccc(F)cc3)CC2)cc1. The fourth-order valence-corrected chi connectivity index (χ4v) is 3.88. The summed E-state index contributed by atoms with van der Waals surface area (Å²) in [6.07, 6.45) is 2.01. The first-order valence-electron chi connectivity index (χ1n) is 11.1. The van der Waals surface area contributed by atoms with Gasteiger partial charge in [0.25, 0.3) is 0 Å². The number of carbonyl (C=O) groups is 2. The molecule has 0 aliphatic carbocycles. The van der Waals surface area contributed by atoms with Gasteiger partial charge in [0.2, 0.25) is 11.8 Å². The van der Waals surface area contributed by atoms with Crippen LogP contribution >= 0.6 is 0 Å². The molecule has 32 heavy (non-hydrogen) atoms. The van der Waals surface area contributed by atoms with E-state index < -0.39 is 0 Å². The molecule has 2 amide bonds. The molecule has 0 bridgehead atoms. The van der Waals surface area contributed by atoms with Crippen LogP contribution in [0.2, 0.25) is 0 Å². The zero-order valence-electron chi connectivity index (χ0n) is 18.9. The summed E-state index contributed by atoms with van der Waals surface area (Å²) in [5.74, 6) is 0.606. The van der Waals surface area contributed by atoms with Gasteiger partial charge in [-0.3, -0.25) is 14.5 Å². The lowest BCUT2D eigenvalue weighted by atomic mass is 10.1. The Balaban J connectivity index is 1.44. The van der Waals surface area contributed by atoms with E-state index in [4.69, 9.17) is 4.74 Å². The molecule has 1 aliphatic heterocycles. The quantitative estimate of drug-likeness (QED) is 0.684. The van der Waals surface area contributed by atoms with E-state index in [1.54, 1.807) is 19.2 Å². The molecule has 2 aromatic rings. The highest BCUT2D eigenvalue weighted by Crippen LogP contribution is 2.14. The summed E-state index contributed by atoms with van der Waals surface area (Å²) in [7, 11) is 1.64. The Hall–Kier alpha value is -2.93. The molecule has 0 spiro atoms. The fourth-order valence-electron chi connectivity index (χ4n) is 3.88. The summed E-state index contributed by atoms with van der Waals surface area (Å²) in [6.45, 7) is 5.03. The maximum Gasteiger partial charge on any atom is 0.237 e. The third kappa shape index (κ3) is 6.79. The van der Waals surface area contributed by atoms with Crippen molar-refractivity contribution in [3.8, 4) is 5.75 Å². The zero-order chi connectivity index (χ0) is 22.9. The van der Waals surface area contributed by atoms with Gasteiger partial charge in [0.15, 0.2) is 0 Å². The molecule has 7 heteroatoms.